The van der Waals surface area contributed by atoms with E-state index >= 15 is 0 Å². The second-order valence-electron chi connectivity index (χ2n) is 5.46. The first-order chi connectivity index (χ1) is 11.6. The Morgan fingerprint density at radius 2 is 1.71 bits per heavy atom. The van der Waals surface area contributed by atoms with Crippen molar-refractivity contribution in [1.29, 1.82) is 0 Å². The van der Waals surface area contributed by atoms with Gasteiger partial charge in [0, 0.05) is 24.0 Å². The third-order valence-electron chi connectivity index (χ3n) is 4.15. The Labute approximate surface area is 139 Å². The first kappa shape index (κ1) is 16.1. The van der Waals surface area contributed by atoms with Crippen LogP contribution in [0, 0.1) is 5.82 Å². The van der Waals surface area contributed by atoms with Crippen molar-refractivity contribution in [3.63, 3.8) is 0 Å². The molecule has 3 rings (SSSR count). The average Bonchev–Trinajstić information content (AvgIpc) is 2.59. The highest BCUT2D eigenvalue weighted by Gasteiger charge is 2.33. The van der Waals surface area contributed by atoms with Crippen molar-refractivity contribution in [3.8, 4) is 17.2 Å². The highest BCUT2D eigenvalue weighted by atomic mass is 19.1. The Bertz CT molecular complexity index is 774. The van der Waals surface area contributed by atoms with Gasteiger partial charge in [-0.15, -0.1) is 0 Å². The van der Waals surface area contributed by atoms with Crippen LogP contribution in [0.25, 0.3) is 0 Å². The van der Waals surface area contributed by atoms with Gasteiger partial charge in [0.1, 0.15) is 5.82 Å². The van der Waals surface area contributed by atoms with Crippen LogP contribution in [0.2, 0.25) is 0 Å². The molecule has 0 saturated heterocycles. The molecule has 0 radical (unpaired) electrons. The third kappa shape index (κ3) is 2.64. The molecule has 0 bridgehead atoms. The summed E-state index contributed by atoms with van der Waals surface area (Å²) in [7, 11) is 4.59. The molecule has 1 atom stereocenters. The Kier molecular flexibility index (Phi) is 4.29. The van der Waals surface area contributed by atoms with Crippen LogP contribution in [-0.4, -0.2) is 27.2 Å². The largest absolute Gasteiger partial charge is 0.493 e. The van der Waals surface area contributed by atoms with E-state index in [2.05, 4.69) is 5.32 Å². The molecule has 1 N–H and O–H groups in total. The van der Waals surface area contributed by atoms with Crippen molar-refractivity contribution in [2.45, 2.75) is 12.3 Å². The summed E-state index contributed by atoms with van der Waals surface area (Å²) in [4.78, 5) is 12.1. The van der Waals surface area contributed by atoms with Crippen LogP contribution in [0.3, 0.4) is 0 Å². The summed E-state index contributed by atoms with van der Waals surface area (Å²) < 4.78 is 29.6. The van der Waals surface area contributed by atoms with Gasteiger partial charge < -0.3 is 19.5 Å². The number of benzene rings is 2. The monoisotopic (exact) mass is 331 g/mol. The van der Waals surface area contributed by atoms with Gasteiger partial charge in [-0.2, -0.15) is 0 Å². The predicted molar refractivity (Wildman–Crippen MR) is 87.6 cm³/mol. The van der Waals surface area contributed by atoms with E-state index in [0.717, 1.165) is 11.1 Å². The van der Waals surface area contributed by atoms with Gasteiger partial charge in [-0.05, 0) is 17.7 Å². The van der Waals surface area contributed by atoms with Crippen LogP contribution in [0.4, 0.5) is 10.1 Å². The molecule has 0 fully saturated rings. The number of carbonyl (C=O) groups is 1. The number of amides is 1. The molecular weight excluding hydrogens is 313 g/mol. The summed E-state index contributed by atoms with van der Waals surface area (Å²) in [5, 5.41) is 2.84. The number of rotatable bonds is 4. The maximum absolute atomic E-state index is 13.2. The number of carbonyl (C=O) groups excluding carboxylic acids is 1. The van der Waals surface area contributed by atoms with E-state index in [1.54, 1.807) is 18.2 Å². The van der Waals surface area contributed by atoms with Crippen LogP contribution in [0.1, 0.15) is 23.5 Å². The van der Waals surface area contributed by atoms with Crippen molar-refractivity contribution < 1.29 is 23.4 Å². The van der Waals surface area contributed by atoms with Gasteiger partial charge in [0.2, 0.25) is 11.7 Å². The van der Waals surface area contributed by atoms with Gasteiger partial charge in [0.15, 0.2) is 11.5 Å². The molecule has 0 spiro atoms. The molecule has 0 saturated carbocycles. The van der Waals surface area contributed by atoms with Gasteiger partial charge in [0.05, 0.1) is 27.0 Å². The van der Waals surface area contributed by atoms with Crippen LogP contribution in [-0.2, 0) is 4.79 Å². The molecule has 1 amide bonds. The third-order valence-corrected chi connectivity index (χ3v) is 4.15. The summed E-state index contributed by atoms with van der Waals surface area (Å²) >= 11 is 0. The lowest BCUT2D eigenvalue weighted by Gasteiger charge is -2.29. The maximum atomic E-state index is 13.2. The molecule has 1 aliphatic rings. The zero-order chi connectivity index (χ0) is 17.3. The smallest absolute Gasteiger partial charge is 0.225 e. The molecule has 1 unspecified atom stereocenters. The summed E-state index contributed by atoms with van der Waals surface area (Å²) in [6.07, 6.45) is 0.241. The van der Waals surface area contributed by atoms with Gasteiger partial charge in [-0.25, -0.2) is 4.39 Å². The van der Waals surface area contributed by atoms with Crippen LogP contribution in [0.15, 0.2) is 30.3 Å². The van der Waals surface area contributed by atoms with Crippen molar-refractivity contribution in [2.75, 3.05) is 26.6 Å². The Morgan fingerprint density at radius 1 is 1.04 bits per heavy atom. The van der Waals surface area contributed by atoms with Gasteiger partial charge in [0.25, 0.3) is 0 Å². The lowest BCUT2D eigenvalue weighted by molar-refractivity contribution is -0.116. The van der Waals surface area contributed by atoms with E-state index in [9.17, 15) is 9.18 Å². The van der Waals surface area contributed by atoms with Crippen LogP contribution < -0.4 is 19.5 Å². The topological polar surface area (TPSA) is 56.8 Å². The van der Waals surface area contributed by atoms with Crippen molar-refractivity contribution in [3.05, 3.63) is 47.3 Å². The molecule has 126 valence electrons. The molecule has 6 heteroatoms. The van der Waals surface area contributed by atoms with E-state index in [0.29, 0.717) is 22.9 Å². The maximum Gasteiger partial charge on any atom is 0.225 e. The summed E-state index contributed by atoms with van der Waals surface area (Å²) in [5.41, 5.74) is 2.23. The number of methoxy groups -OCH3 is 3. The number of ether oxygens (including phenoxy) is 3. The van der Waals surface area contributed by atoms with Crippen molar-refractivity contribution in [1.82, 2.24) is 0 Å². The highest BCUT2D eigenvalue weighted by Crippen LogP contribution is 2.51. The van der Waals surface area contributed by atoms with Crippen LogP contribution >= 0.6 is 0 Å². The fraction of sp³-hybridized carbons (Fsp3) is 0.278. The Morgan fingerprint density at radius 3 is 2.29 bits per heavy atom. The minimum Gasteiger partial charge on any atom is -0.493 e. The van der Waals surface area contributed by atoms with E-state index in [-0.39, 0.29) is 24.1 Å². The van der Waals surface area contributed by atoms with E-state index in [1.807, 2.05) is 0 Å². The van der Waals surface area contributed by atoms with E-state index in [1.165, 1.54) is 33.5 Å². The number of fused-ring (bicyclic) bond motifs is 1. The molecule has 0 aliphatic carbocycles. The predicted octanol–water partition coefficient (Wildman–Crippen LogP) is 3.33. The minimum absolute atomic E-state index is 0.119. The molecule has 2 aromatic carbocycles. The van der Waals surface area contributed by atoms with Crippen LogP contribution in [0.5, 0.6) is 17.2 Å². The SMILES string of the molecule is COc1cc2c(c(OC)c1OC)C(c1ccc(F)cc1)CC(=O)N2. The standard InChI is InChI=1S/C18H18FNO4/c1-22-14-9-13-16(18(24-3)17(14)23-2)12(8-15(21)20-13)10-4-6-11(19)7-5-10/h4-7,9,12H,8H2,1-3H3,(H,20,21). The van der Waals surface area contributed by atoms with Gasteiger partial charge in [-0.3, -0.25) is 4.79 Å². The molecule has 24 heavy (non-hydrogen) atoms. The van der Waals surface area contributed by atoms with E-state index in [4.69, 9.17) is 14.2 Å². The minimum atomic E-state index is -0.321. The molecule has 5 nitrogen and oxygen atoms in total. The van der Waals surface area contributed by atoms with Gasteiger partial charge in [-0.1, -0.05) is 12.1 Å². The number of halogens is 1. The zero-order valence-corrected chi connectivity index (χ0v) is 13.7. The Hall–Kier alpha value is -2.76. The van der Waals surface area contributed by atoms with Crippen molar-refractivity contribution in [2.24, 2.45) is 0 Å². The number of hydrogen-bond acceptors (Lipinski definition) is 4. The van der Waals surface area contributed by atoms with Crippen molar-refractivity contribution >= 4 is 11.6 Å². The second kappa shape index (κ2) is 6.39. The number of nitrogens with one attached hydrogen (secondary N) is 1. The fourth-order valence-corrected chi connectivity index (χ4v) is 3.10. The second-order valence-corrected chi connectivity index (χ2v) is 5.46. The van der Waals surface area contributed by atoms with E-state index < -0.39 is 0 Å². The molecular formula is C18H18FNO4. The average molecular weight is 331 g/mol. The first-order valence-electron chi connectivity index (χ1n) is 7.47. The Balaban J connectivity index is 2.23. The van der Waals surface area contributed by atoms with Gasteiger partial charge >= 0.3 is 0 Å². The highest BCUT2D eigenvalue weighted by molar-refractivity contribution is 5.97. The molecule has 1 heterocycles. The quantitative estimate of drug-likeness (QED) is 0.934. The summed E-state index contributed by atoms with van der Waals surface area (Å²) in [6.45, 7) is 0. The zero-order valence-electron chi connectivity index (χ0n) is 13.7. The lowest BCUT2D eigenvalue weighted by Crippen LogP contribution is -2.24. The fourth-order valence-electron chi connectivity index (χ4n) is 3.10. The lowest BCUT2D eigenvalue weighted by atomic mass is 9.84. The molecule has 0 aromatic heterocycles. The summed E-state index contributed by atoms with van der Waals surface area (Å²) in [6, 6.07) is 7.84. The summed E-state index contributed by atoms with van der Waals surface area (Å²) in [5.74, 6) is 0.727. The molecule has 1 aliphatic heterocycles. The first-order valence-corrected chi connectivity index (χ1v) is 7.47. The molecule has 2 aromatic rings. The number of hydrogen-bond donors (Lipinski definition) is 1. The number of anilines is 1. The normalized spacial score (nSPS) is 16.2.